The van der Waals surface area contributed by atoms with Crippen molar-refractivity contribution in [1.82, 2.24) is 24.6 Å². The van der Waals surface area contributed by atoms with Gasteiger partial charge in [-0.25, -0.2) is 14.4 Å². The number of nitrogens with one attached hydrogen (secondary N) is 2. The van der Waals surface area contributed by atoms with Crippen LogP contribution in [0, 0.1) is 5.82 Å². The van der Waals surface area contributed by atoms with Crippen molar-refractivity contribution in [2.45, 2.75) is 33.4 Å². The SMILES string of the molecule is CC(=O)c1nn(CC(=O)N(CC(=O)Nc2cccc(-c3ccccc3Cl)c2F)C(C)C)c2ccc(Nc3cncnc3)cc12. The minimum Gasteiger partial charge on any atom is -0.353 e. The van der Waals surface area contributed by atoms with Crippen LogP contribution in [0.15, 0.2) is 79.4 Å². The van der Waals surface area contributed by atoms with Crippen LogP contribution < -0.4 is 10.6 Å². The number of hydrogen-bond acceptors (Lipinski definition) is 7. The van der Waals surface area contributed by atoms with Crippen molar-refractivity contribution in [3.05, 3.63) is 95.9 Å². The monoisotopic (exact) mass is 613 g/mol. The number of Topliss-reactive ketones (excluding diaryl/α,β-unsaturated/α-hetero) is 1. The van der Waals surface area contributed by atoms with E-state index in [2.05, 4.69) is 25.7 Å². The van der Waals surface area contributed by atoms with Crippen LogP contribution in [0.5, 0.6) is 0 Å². The van der Waals surface area contributed by atoms with Crippen molar-refractivity contribution in [1.29, 1.82) is 0 Å². The molecule has 0 bridgehead atoms. The first-order valence-corrected chi connectivity index (χ1v) is 14.2. The highest BCUT2D eigenvalue weighted by atomic mass is 35.5. The summed E-state index contributed by atoms with van der Waals surface area (Å²) in [5, 5.41) is 11.1. The van der Waals surface area contributed by atoms with E-state index in [1.165, 1.54) is 28.9 Å². The Morgan fingerprint density at radius 2 is 1.70 bits per heavy atom. The quantitative estimate of drug-likeness (QED) is 0.182. The van der Waals surface area contributed by atoms with Gasteiger partial charge in [0.2, 0.25) is 11.8 Å². The van der Waals surface area contributed by atoms with Gasteiger partial charge in [-0.3, -0.25) is 19.1 Å². The second-order valence-electron chi connectivity index (χ2n) is 10.4. The Labute approximate surface area is 257 Å². The van der Waals surface area contributed by atoms with Crippen molar-refractivity contribution in [2.75, 3.05) is 17.2 Å². The maximum atomic E-state index is 15.4. The molecule has 2 heterocycles. The largest absolute Gasteiger partial charge is 0.353 e. The first-order chi connectivity index (χ1) is 21.1. The average Bonchev–Trinajstić information content (AvgIpc) is 3.35. The molecule has 5 rings (SSSR count). The number of benzene rings is 3. The van der Waals surface area contributed by atoms with Crippen LogP contribution in [0.3, 0.4) is 0 Å². The maximum Gasteiger partial charge on any atom is 0.245 e. The molecule has 2 amide bonds. The molecule has 12 heteroatoms. The first kappa shape index (κ1) is 30.3. The van der Waals surface area contributed by atoms with Crippen molar-refractivity contribution >= 4 is 57.2 Å². The molecular formula is C32H29ClFN7O3. The zero-order valence-electron chi connectivity index (χ0n) is 24.2. The smallest absolute Gasteiger partial charge is 0.245 e. The van der Waals surface area contributed by atoms with Gasteiger partial charge in [-0.2, -0.15) is 5.10 Å². The van der Waals surface area contributed by atoms with Gasteiger partial charge in [-0.1, -0.05) is 41.9 Å². The summed E-state index contributed by atoms with van der Waals surface area (Å²) in [6.45, 7) is 4.42. The van der Waals surface area contributed by atoms with Gasteiger partial charge in [-0.15, -0.1) is 0 Å². The van der Waals surface area contributed by atoms with E-state index in [0.717, 1.165) is 0 Å². The number of halogens is 2. The van der Waals surface area contributed by atoms with E-state index in [4.69, 9.17) is 11.6 Å². The number of carbonyl (C=O) groups excluding carboxylic acids is 3. The lowest BCUT2D eigenvalue weighted by Crippen LogP contribution is -2.44. The third-order valence-electron chi connectivity index (χ3n) is 6.91. The van der Waals surface area contributed by atoms with Gasteiger partial charge < -0.3 is 15.5 Å². The molecule has 0 saturated carbocycles. The molecule has 0 aliphatic heterocycles. The van der Waals surface area contributed by atoms with Gasteiger partial charge in [0.1, 0.15) is 25.1 Å². The molecule has 0 saturated heterocycles. The normalized spacial score (nSPS) is 11.0. The van der Waals surface area contributed by atoms with Crippen molar-refractivity contribution in [2.24, 2.45) is 0 Å². The predicted octanol–water partition coefficient (Wildman–Crippen LogP) is 6.11. The molecule has 0 radical (unpaired) electrons. The summed E-state index contributed by atoms with van der Waals surface area (Å²) in [6, 6.07) is 16.5. The summed E-state index contributed by atoms with van der Waals surface area (Å²) < 4.78 is 16.9. The highest BCUT2D eigenvalue weighted by Gasteiger charge is 2.24. The number of hydrogen-bond donors (Lipinski definition) is 2. The molecule has 0 unspecified atom stereocenters. The minimum absolute atomic E-state index is 0.0285. The fourth-order valence-corrected chi connectivity index (χ4v) is 5.04. The summed E-state index contributed by atoms with van der Waals surface area (Å²) in [7, 11) is 0. The van der Waals surface area contributed by atoms with Crippen LogP contribution in [-0.4, -0.2) is 54.8 Å². The van der Waals surface area contributed by atoms with E-state index in [1.807, 2.05) is 0 Å². The highest BCUT2D eigenvalue weighted by molar-refractivity contribution is 6.33. The number of ketones is 1. The molecule has 44 heavy (non-hydrogen) atoms. The maximum absolute atomic E-state index is 15.4. The lowest BCUT2D eigenvalue weighted by molar-refractivity contribution is -0.137. The lowest BCUT2D eigenvalue weighted by Gasteiger charge is -2.26. The van der Waals surface area contributed by atoms with E-state index < -0.39 is 17.6 Å². The van der Waals surface area contributed by atoms with Gasteiger partial charge >= 0.3 is 0 Å². The standard InChI is InChI=1S/C32H29ClFN7O3/c1-19(2)40(16-29(43)38-27-10-6-8-24(31(27)34)23-7-4-5-9-26(23)33)30(44)17-41-28-12-11-21(37-22-14-35-18-36-15-22)13-25(28)32(39-41)20(3)42/h4-15,18-19,37H,16-17H2,1-3H3,(H,38,43). The fraction of sp³-hybridized carbons (Fsp3) is 0.188. The average molecular weight is 614 g/mol. The number of rotatable bonds is 10. The van der Waals surface area contributed by atoms with E-state index in [1.54, 1.807) is 80.8 Å². The van der Waals surface area contributed by atoms with Gasteiger partial charge in [0.25, 0.3) is 0 Å². The topological polar surface area (TPSA) is 122 Å². The Morgan fingerprint density at radius 1 is 0.977 bits per heavy atom. The summed E-state index contributed by atoms with van der Waals surface area (Å²) in [4.78, 5) is 48.4. The van der Waals surface area contributed by atoms with Crippen LogP contribution in [0.4, 0.5) is 21.5 Å². The van der Waals surface area contributed by atoms with Gasteiger partial charge in [0.15, 0.2) is 11.6 Å². The Hall–Kier alpha value is -5.16. The van der Waals surface area contributed by atoms with Gasteiger partial charge in [0.05, 0.1) is 29.3 Å². The number of aromatic nitrogens is 4. The minimum atomic E-state index is -0.634. The van der Waals surface area contributed by atoms with Crippen LogP contribution in [0.25, 0.3) is 22.0 Å². The fourth-order valence-electron chi connectivity index (χ4n) is 4.81. The molecule has 0 fully saturated rings. The summed E-state index contributed by atoms with van der Waals surface area (Å²) in [5.74, 6) is -1.87. The molecule has 0 aliphatic rings. The summed E-state index contributed by atoms with van der Waals surface area (Å²) in [6.07, 6.45) is 4.66. The Bertz CT molecular complexity index is 1860. The molecule has 224 valence electrons. The molecule has 3 aromatic carbocycles. The predicted molar refractivity (Wildman–Crippen MR) is 167 cm³/mol. The summed E-state index contributed by atoms with van der Waals surface area (Å²) in [5.41, 5.74) is 2.85. The van der Waals surface area contributed by atoms with Gasteiger partial charge in [0, 0.05) is 40.2 Å². The molecule has 0 atom stereocenters. The second-order valence-corrected chi connectivity index (χ2v) is 10.8. The van der Waals surface area contributed by atoms with E-state index in [9.17, 15) is 14.4 Å². The molecular weight excluding hydrogens is 585 g/mol. The number of nitrogens with zero attached hydrogens (tertiary/aromatic N) is 5. The lowest BCUT2D eigenvalue weighted by atomic mass is 10.0. The van der Waals surface area contributed by atoms with Crippen LogP contribution in [0.2, 0.25) is 5.02 Å². The zero-order valence-corrected chi connectivity index (χ0v) is 25.0. The van der Waals surface area contributed by atoms with Crippen molar-refractivity contribution in [3.8, 4) is 11.1 Å². The molecule has 2 N–H and O–H groups in total. The van der Waals surface area contributed by atoms with E-state index >= 15 is 4.39 Å². The van der Waals surface area contributed by atoms with E-state index in [0.29, 0.717) is 32.9 Å². The molecule has 0 spiro atoms. The number of carbonyl (C=O) groups is 3. The van der Waals surface area contributed by atoms with Crippen LogP contribution in [-0.2, 0) is 16.1 Å². The third kappa shape index (κ3) is 6.57. The van der Waals surface area contributed by atoms with E-state index in [-0.39, 0.29) is 41.9 Å². The highest BCUT2D eigenvalue weighted by Crippen LogP contribution is 2.32. The second kappa shape index (κ2) is 13.0. The summed E-state index contributed by atoms with van der Waals surface area (Å²) >= 11 is 6.26. The van der Waals surface area contributed by atoms with Crippen molar-refractivity contribution in [3.63, 3.8) is 0 Å². The van der Waals surface area contributed by atoms with Crippen LogP contribution in [0.1, 0.15) is 31.3 Å². The Balaban J connectivity index is 1.34. The third-order valence-corrected chi connectivity index (χ3v) is 7.24. The number of fused-ring (bicyclic) bond motifs is 1. The molecule has 0 aliphatic carbocycles. The number of anilines is 3. The Morgan fingerprint density at radius 3 is 2.41 bits per heavy atom. The van der Waals surface area contributed by atoms with Gasteiger partial charge in [-0.05, 0) is 44.2 Å². The first-order valence-electron chi connectivity index (χ1n) is 13.8. The molecule has 5 aromatic rings. The Kier molecular flexibility index (Phi) is 8.96. The van der Waals surface area contributed by atoms with Crippen LogP contribution >= 0.6 is 11.6 Å². The van der Waals surface area contributed by atoms with Crippen molar-refractivity contribution < 1.29 is 18.8 Å². The number of amides is 2. The molecule has 2 aromatic heterocycles. The molecule has 10 nitrogen and oxygen atoms in total. The zero-order chi connectivity index (χ0) is 31.4.